The Morgan fingerprint density at radius 1 is 0.857 bits per heavy atom. The Morgan fingerprint density at radius 2 is 1.19 bits per heavy atom. The standard InChI is InChI=1S/C8H18N2O4S.Cu.H2O4S/c11-7-5-9-1-3-10(4-2-9)6-8-15(12,13)14;;1-5(2,3)4/h11H,1-8H2,(H,12,13,14);;(H2,1,2,3,4)/p-3. The largest absolute Gasteiger partial charge is 0.759 e. The van der Waals surface area contributed by atoms with Crippen LogP contribution in [0.1, 0.15) is 0 Å². The summed E-state index contributed by atoms with van der Waals surface area (Å²) < 4.78 is 65.3. The molecule has 0 bridgehead atoms. The molecule has 1 aliphatic rings. The Bertz CT molecular complexity index is 453. The summed E-state index contributed by atoms with van der Waals surface area (Å²) in [5.41, 5.74) is 0. The third-order valence-corrected chi connectivity index (χ3v) is 3.22. The van der Waals surface area contributed by atoms with E-state index in [-0.39, 0.29) is 29.4 Å². The van der Waals surface area contributed by atoms with Crippen LogP contribution in [0.4, 0.5) is 0 Å². The molecule has 0 amide bonds. The maximum absolute atomic E-state index is 10.4. The molecule has 0 spiro atoms. The second kappa shape index (κ2) is 10.8. The fourth-order valence-electron chi connectivity index (χ4n) is 1.62. The zero-order valence-corrected chi connectivity index (χ0v) is 13.5. The molecular weight excluding hydrogens is 380 g/mol. The molecule has 0 unspecified atom stereocenters. The monoisotopic (exact) mass is 396 g/mol. The zero-order chi connectivity index (χ0) is 15.8. The summed E-state index contributed by atoms with van der Waals surface area (Å²) >= 11 is 0. The number of piperazine rings is 1. The van der Waals surface area contributed by atoms with Gasteiger partial charge in [0.1, 0.15) is 0 Å². The Morgan fingerprint density at radius 3 is 1.48 bits per heavy atom. The topological polar surface area (TPSA) is 164 Å². The van der Waals surface area contributed by atoms with Crippen molar-refractivity contribution in [1.29, 1.82) is 0 Å². The molecule has 1 rings (SSSR count). The molecule has 0 aromatic rings. The van der Waals surface area contributed by atoms with Crippen molar-refractivity contribution < 1.29 is 52.7 Å². The van der Waals surface area contributed by atoms with Crippen LogP contribution in [0, 0.1) is 0 Å². The fraction of sp³-hybridized carbons (Fsp3) is 1.00. The Balaban J connectivity index is 0. The van der Waals surface area contributed by atoms with Crippen molar-refractivity contribution in [2.75, 3.05) is 51.6 Å². The summed E-state index contributed by atoms with van der Waals surface area (Å²) in [5.74, 6) is -0.312. The predicted molar refractivity (Wildman–Crippen MR) is 65.0 cm³/mol. The average Bonchev–Trinajstić information content (AvgIpc) is 2.25. The molecule has 1 heterocycles. The van der Waals surface area contributed by atoms with E-state index in [1.54, 1.807) is 0 Å². The quantitative estimate of drug-likeness (QED) is 0.284. The molecule has 1 radical (unpaired) electrons. The maximum Gasteiger partial charge on any atom is 0.0958 e. The van der Waals surface area contributed by atoms with Crippen molar-refractivity contribution in [3.63, 3.8) is 0 Å². The smallest absolute Gasteiger partial charge is 0.0958 e. The van der Waals surface area contributed by atoms with Crippen molar-refractivity contribution in [2.45, 2.75) is 0 Å². The first kappa shape index (κ1) is 23.4. The number of aliphatic hydroxyl groups excluding tert-OH is 1. The van der Waals surface area contributed by atoms with Crippen LogP contribution in [-0.2, 0) is 37.6 Å². The first-order valence-corrected chi connectivity index (χ1v) is 8.58. The average molecular weight is 397 g/mol. The van der Waals surface area contributed by atoms with Crippen LogP contribution in [-0.4, -0.2) is 97.0 Å². The van der Waals surface area contributed by atoms with Crippen molar-refractivity contribution in [3.8, 4) is 0 Å². The predicted octanol–water partition coefficient (Wildman–Crippen LogP) is -3.20. The van der Waals surface area contributed by atoms with Crippen LogP contribution in [0.3, 0.4) is 0 Å². The van der Waals surface area contributed by atoms with Gasteiger partial charge in [0.15, 0.2) is 0 Å². The number of β-amino-alcohol motifs (C(OH)–C–C–N with tert-alkyl or cyclic N) is 1. The molecule has 1 saturated heterocycles. The summed E-state index contributed by atoms with van der Waals surface area (Å²) in [5, 5.41) is 8.72. The molecule has 1 aliphatic heterocycles. The molecule has 0 aliphatic carbocycles. The molecule has 10 nitrogen and oxygen atoms in total. The summed E-state index contributed by atoms with van der Waals surface area (Å²) in [6, 6.07) is 0. The van der Waals surface area contributed by atoms with Crippen molar-refractivity contribution in [1.82, 2.24) is 9.80 Å². The minimum Gasteiger partial charge on any atom is -0.759 e. The van der Waals surface area contributed by atoms with Gasteiger partial charge in [-0.15, -0.1) is 0 Å². The number of hydrogen-bond donors (Lipinski definition) is 1. The van der Waals surface area contributed by atoms with Crippen LogP contribution in [0.5, 0.6) is 0 Å². The summed E-state index contributed by atoms with van der Waals surface area (Å²) in [7, 11) is -9.26. The van der Waals surface area contributed by atoms with Gasteiger partial charge in [0.25, 0.3) is 0 Å². The van der Waals surface area contributed by atoms with E-state index in [0.717, 1.165) is 26.2 Å². The normalized spacial score (nSPS) is 17.5. The summed E-state index contributed by atoms with van der Waals surface area (Å²) in [6.07, 6.45) is 0. The molecule has 21 heavy (non-hydrogen) atoms. The van der Waals surface area contributed by atoms with Crippen molar-refractivity contribution in [2.24, 2.45) is 0 Å². The van der Waals surface area contributed by atoms with E-state index in [1.807, 2.05) is 4.90 Å². The van der Waals surface area contributed by atoms with Crippen molar-refractivity contribution >= 4 is 20.5 Å². The Hall–Kier alpha value is 0.179. The number of hydrogen-bond acceptors (Lipinski definition) is 10. The van der Waals surface area contributed by atoms with Gasteiger partial charge in [-0.2, -0.15) is 0 Å². The molecule has 0 atom stereocenters. The molecular formula is C8H17CuN2O8S2-3. The van der Waals surface area contributed by atoms with E-state index in [9.17, 15) is 13.0 Å². The summed E-state index contributed by atoms with van der Waals surface area (Å²) in [4.78, 5) is 4.07. The Kier molecular flexibility index (Phi) is 12.1. The van der Waals surface area contributed by atoms with Crippen LogP contribution >= 0.6 is 0 Å². The van der Waals surface area contributed by atoms with Gasteiger partial charge in [0.05, 0.1) is 22.5 Å². The molecule has 1 fully saturated rings. The fourth-order valence-corrected chi connectivity index (χ4v) is 2.10. The van der Waals surface area contributed by atoms with Gasteiger partial charge in [0, 0.05) is 66.7 Å². The van der Waals surface area contributed by atoms with Crippen LogP contribution in [0.2, 0.25) is 0 Å². The van der Waals surface area contributed by atoms with Gasteiger partial charge >= 0.3 is 0 Å². The number of nitrogens with zero attached hydrogens (tertiary/aromatic N) is 2. The number of rotatable bonds is 5. The van der Waals surface area contributed by atoms with Gasteiger partial charge in [-0.1, -0.05) is 0 Å². The molecule has 1 N–H and O–H groups in total. The Labute approximate surface area is 134 Å². The summed E-state index contributed by atoms with van der Waals surface area (Å²) in [6.45, 7) is 4.28. The molecule has 0 aromatic carbocycles. The third kappa shape index (κ3) is 18.1. The van der Waals surface area contributed by atoms with E-state index < -0.39 is 20.5 Å². The van der Waals surface area contributed by atoms with Gasteiger partial charge in [-0.05, 0) is 0 Å². The van der Waals surface area contributed by atoms with Gasteiger partial charge in [-0.25, -0.2) is 8.42 Å². The minimum atomic E-state index is -5.17. The van der Waals surface area contributed by atoms with Crippen molar-refractivity contribution in [3.05, 3.63) is 0 Å². The van der Waals surface area contributed by atoms with E-state index in [4.69, 9.17) is 22.6 Å². The van der Waals surface area contributed by atoms with Gasteiger partial charge in [-0.3, -0.25) is 18.2 Å². The van der Waals surface area contributed by atoms with E-state index in [1.165, 1.54) is 0 Å². The molecule has 0 saturated carbocycles. The second-order valence-electron chi connectivity index (χ2n) is 4.08. The number of aliphatic hydroxyl groups is 1. The van der Waals surface area contributed by atoms with Crippen LogP contribution in [0.25, 0.3) is 0 Å². The van der Waals surface area contributed by atoms with E-state index in [0.29, 0.717) is 13.1 Å². The minimum absolute atomic E-state index is 0. The third-order valence-electron chi connectivity index (χ3n) is 2.54. The first-order chi connectivity index (χ1) is 9.01. The zero-order valence-electron chi connectivity index (χ0n) is 11.0. The first-order valence-electron chi connectivity index (χ1n) is 5.67. The second-order valence-corrected chi connectivity index (χ2v) is 6.42. The van der Waals surface area contributed by atoms with E-state index >= 15 is 0 Å². The van der Waals surface area contributed by atoms with Crippen LogP contribution < -0.4 is 0 Å². The molecule has 133 valence electrons. The van der Waals surface area contributed by atoms with Gasteiger partial charge < -0.3 is 18.8 Å². The van der Waals surface area contributed by atoms with Gasteiger partial charge in [0.2, 0.25) is 0 Å². The SMILES string of the molecule is O=S(=O)([O-])CCN1CCN(CCO)CC1.O=S(=O)([O-])[O-].[Cu]. The van der Waals surface area contributed by atoms with E-state index in [2.05, 4.69) is 4.90 Å². The maximum atomic E-state index is 10.4. The van der Waals surface area contributed by atoms with Crippen LogP contribution in [0.15, 0.2) is 0 Å². The molecule has 0 aromatic heterocycles. The molecule has 13 heteroatoms.